The van der Waals surface area contributed by atoms with E-state index in [9.17, 15) is 29.1 Å². The lowest BCUT2D eigenvalue weighted by Crippen LogP contribution is -2.58. The number of carboxylic acids is 2. The molecule has 0 radical (unpaired) electrons. The second-order valence-corrected chi connectivity index (χ2v) is 8.53. The highest BCUT2D eigenvalue weighted by Gasteiger charge is 2.38. The van der Waals surface area contributed by atoms with Crippen LogP contribution in [-0.2, 0) is 24.0 Å². The summed E-state index contributed by atoms with van der Waals surface area (Å²) in [6, 6.07) is -3.93. The smallest absolute Gasteiger partial charge is 0.326 e. The largest absolute Gasteiger partial charge is 0.481 e. The topological polar surface area (TPSA) is 179 Å². The Morgan fingerprint density at radius 3 is 2.06 bits per heavy atom. The van der Waals surface area contributed by atoms with Gasteiger partial charge in [-0.1, -0.05) is 27.7 Å². The van der Waals surface area contributed by atoms with Crippen LogP contribution in [0.5, 0.6) is 0 Å². The number of nitrogens with one attached hydrogen (secondary N) is 2. The molecule has 1 aliphatic rings. The van der Waals surface area contributed by atoms with Gasteiger partial charge >= 0.3 is 11.9 Å². The summed E-state index contributed by atoms with van der Waals surface area (Å²) in [6.45, 7) is 7.07. The third-order valence-electron chi connectivity index (χ3n) is 5.30. The molecule has 176 valence electrons. The average Bonchev–Trinajstić information content (AvgIpc) is 3.16. The van der Waals surface area contributed by atoms with E-state index in [1.165, 1.54) is 4.90 Å². The molecular formula is C20H34N4O7. The highest BCUT2D eigenvalue weighted by molar-refractivity contribution is 5.94. The second-order valence-electron chi connectivity index (χ2n) is 8.53. The van der Waals surface area contributed by atoms with Gasteiger partial charge in [-0.3, -0.25) is 19.2 Å². The molecule has 6 N–H and O–H groups in total. The van der Waals surface area contributed by atoms with Crippen LogP contribution < -0.4 is 16.4 Å². The minimum absolute atomic E-state index is 0.0399. The molecule has 1 fully saturated rings. The number of nitrogens with zero attached hydrogens (tertiary/aromatic N) is 1. The van der Waals surface area contributed by atoms with Gasteiger partial charge in [0.2, 0.25) is 17.7 Å². The van der Waals surface area contributed by atoms with Gasteiger partial charge in [-0.2, -0.15) is 0 Å². The van der Waals surface area contributed by atoms with Crippen molar-refractivity contribution in [2.24, 2.45) is 17.6 Å². The summed E-state index contributed by atoms with van der Waals surface area (Å²) in [5.74, 6) is -4.55. The van der Waals surface area contributed by atoms with E-state index in [4.69, 9.17) is 10.8 Å². The molecule has 1 heterocycles. The lowest BCUT2D eigenvalue weighted by Gasteiger charge is -2.30. The number of nitrogens with two attached hydrogens (primary N) is 1. The molecule has 3 amide bonds. The summed E-state index contributed by atoms with van der Waals surface area (Å²) in [6.07, 6.45) is 0.664. The molecule has 0 aromatic rings. The number of amides is 3. The van der Waals surface area contributed by atoms with Crippen LogP contribution in [0.15, 0.2) is 0 Å². The van der Waals surface area contributed by atoms with Crippen LogP contribution >= 0.6 is 0 Å². The molecule has 1 aliphatic heterocycles. The number of hydrogen-bond donors (Lipinski definition) is 5. The van der Waals surface area contributed by atoms with Crippen molar-refractivity contribution >= 4 is 29.7 Å². The third-order valence-corrected chi connectivity index (χ3v) is 5.30. The Morgan fingerprint density at radius 2 is 1.58 bits per heavy atom. The standard InChI is InChI=1S/C20H34N4O7/c1-10(2)15(18(28)23-16(11(3)4)20(30)31)22-17(27)13-6-5-9-24(13)19(29)12(21)7-8-14(25)26/h10-13,15-16H,5-9,21H2,1-4H3,(H,22,27)(H,23,28)(H,25,26)(H,30,31). The minimum Gasteiger partial charge on any atom is -0.481 e. The number of carbonyl (C=O) groups excluding carboxylic acids is 3. The van der Waals surface area contributed by atoms with Crippen molar-refractivity contribution in [1.29, 1.82) is 0 Å². The molecule has 0 spiro atoms. The molecule has 4 unspecified atom stereocenters. The molecule has 0 aromatic heterocycles. The van der Waals surface area contributed by atoms with Crippen LogP contribution in [0.1, 0.15) is 53.4 Å². The van der Waals surface area contributed by atoms with E-state index in [0.29, 0.717) is 19.4 Å². The molecular weight excluding hydrogens is 408 g/mol. The van der Waals surface area contributed by atoms with Crippen LogP contribution in [0.3, 0.4) is 0 Å². The van der Waals surface area contributed by atoms with E-state index in [1.807, 2.05) is 0 Å². The van der Waals surface area contributed by atoms with Crippen molar-refractivity contribution in [2.45, 2.75) is 77.5 Å². The molecule has 4 atom stereocenters. The predicted octanol–water partition coefficient (Wildman–Crippen LogP) is -0.464. The summed E-state index contributed by atoms with van der Waals surface area (Å²) < 4.78 is 0. The van der Waals surface area contributed by atoms with Gasteiger partial charge in [0.1, 0.15) is 18.1 Å². The van der Waals surface area contributed by atoms with Crippen molar-refractivity contribution in [3.8, 4) is 0 Å². The predicted molar refractivity (Wildman–Crippen MR) is 111 cm³/mol. The first-order chi connectivity index (χ1) is 14.4. The fourth-order valence-corrected chi connectivity index (χ4v) is 3.46. The first kappa shape index (κ1) is 26.3. The molecule has 1 saturated heterocycles. The molecule has 31 heavy (non-hydrogen) atoms. The van der Waals surface area contributed by atoms with Gasteiger partial charge in [0.25, 0.3) is 0 Å². The van der Waals surface area contributed by atoms with Gasteiger partial charge < -0.3 is 31.5 Å². The first-order valence-corrected chi connectivity index (χ1v) is 10.5. The van der Waals surface area contributed by atoms with Gasteiger partial charge in [-0.25, -0.2) is 4.79 Å². The summed E-state index contributed by atoms with van der Waals surface area (Å²) in [5, 5.41) is 23.2. The lowest BCUT2D eigenvalue weighted by atomic mass is 9.99. The Bertz CT molecular complexity index is 695. The number of carboxylic acid groups (broad SMARTS) is 2. The number of hydrogen-bond acceptors (Lipinski definition) is 6. The van der Waals surface area contributed by atoms with Crippen molar-refractivity contribution in [2.75, 3.05) is 6.54 Å². The quantitative estimate of drug-likeness (QED) is 0.285. The maximum atomic E-state index is 12.9. The van der Waals surface area contributed by atoms with Crippen molar-refractivity contribution < 1.29 is 34.2 Å². The minimum atomic E-state index is -1.17. The van der Waals surface area contributed by atoms with Gasteiger partial charge in [0.05, 0.1) is 6.04 Å². The van der Waals surface area contributed by atoms with Crippen LogP contribution in [0.4, 0.5) is 0 Å². The van der Waals surface area contributed by atoms with Crippen molar-refractivity contribution in [3.63, 3.8) is 0 Å². The third kappa shape index (κ3) is 7.50. The lowest BCUT2D eigenvalue weighted by molar-refractivity contribution is -0.144. The van der Waals surface area contributed by atoms with Crippen molar-refractivity contribution in [1.82, 2.24) is 15.5 Å². The van der Waals surface area contributed by atoms with Crippen molar-refractivity contribution in [3.05, 3.63) is 0 Å². The average molecular weight is 443 g/mol. The molecule has 11 nitrogen and oxygen atoms in total. The van der Waals surface area contributed by atoms with E-state index in [1.54, 1.807) is 27.7 Å². The molecule has 0 bridgehead atoms. The van der Waals surface area contributed by atoms with Gasteiger partial charge in [-0.15, -0.1) is 0 Å². The summed E-state index contributed by atoms with van der Waals surface area (Å²) in [7, 11) is 0. The fourth-order valence-electron chi connectivity index (χ4n) is 3.46. The number of aliphatic carboxylic acids is 2. The number of carbonyl (C=O) groups is 5. The zero-order valence-electron chi connectivity index (χ0n) is 18.5. The van der Waals surface area contributed by atoms with E-state index in [2.05, 4.69) is 10.6 Å². The van der Waals surface area contributed by atoms with E-state index < -0.39 is 53.8 Å². The summed E-state index contributed by atoms with van der Waals surface area (Å²) in [5.41, 5.74) is 5.81. The number of likely N-dealkylation sites (tertiary alicyclic amines) is 1. The second kappa shape index (κ2) is 11.6. The highest BCUT2D eigenvalue weighted by Crippen LogP contribution is 2.20. The molecule has 0 saturated carbocycles. The molecule has 1 rings (SSSR count). The highest BCUT2D eigenvalue weighted by atomic mass is 16.4. The molecule has 11 heteroatoms. The first-order valence-electron chi connectivity index (χ1n) is 10.5. The molecule has 0 aliphatic carbocycles. The Labute approximate surface area is 181 Å². The Morgan fingerprint density at radius 1 is 1.00 bits per heavy atom. The van der Waals surface area contributed by atoms with E-state index in [0.717, 1.165) is 0 Å². The maximum absolute atomic E-state index is 12.9. The van der Waals surface area contributed by atoms with Gasteiger partial charge in [-0.05, 0) is 31.1 Å². The monoisotopic (exact) mass is 442 g/mol. The van der Waals surface area contributed by atoms with E-state index >= 15 is 0 Å². The Hall–Kier alpha value is -2.69. The Kier molecular flexibility index (Phi) is 9.89. The SMILES string of the molecule is CC(C)C(NC(=O)C(NC(=O)C1CCCN1C(=O)C(N)CCC(=O)O)C(C)C)C(=O)O. The maximum Gasteiger partial charge on any atom is 0.326 e. The summed E-state index contributed by atoms with van der Waals surface area (Å²) >= 11 is 0. The van der Waals surface area contributed by atoms with Crippen LogP contribution in [-0.4, -0.2) is 75.5 Å². The van der Waals surface area contributed by atoms with E-state index in [-0.39, 0.29) is 24.7 Å². The number of rotatable bonds is 11. The van der Waals surface area contributed by atoms with Crippen LogP contribution in [0, 0.1) is 11.8 Å². The Balaban J connectivity index is 2.86. The van der Waals surface area contributed by atoms with Gasteiger partial charge in [0, 0.05) is 13.0 Å². The molecule has 0 aromatic carbocycles. The zero-order chi connectivity index (χ0) is 23.9. The normalized spacial score (nSPS) is 19.1. The zero-order valence-corrected chi connectivity index (χ0v) is 18.5. The van der Waals surface area contributed by atoms with Crippen LogP contribution in [0.2, 0.25) is 0 Å². The summed E-state index contributed by atoms with van der Waals surface area (Å²) in [4.78, 5) is 61.6. The van der Waals surface area contributed by atoms with Crippen LogP contribution in [0.25, 0.3) is 0 Å². The van der Waals surface area contributed by atoms with Gasteiger partial charge in [0.15, 0.2) is 0 Å². The fraction of sp³-hybridized carbons (Fsp3) is 0.750.